The van der Waals surface area contributed by atoms with Gasteiger partial charge in [0.25, 0.3) is 11.8 Å². The number of alkyl halides is 2. The first-order chi connectivity index (χ1) is 16.2. The van der Waals surface area contributed by atoms with Gasteiger partial charge in [0, 0.05) is 12.6 Å². The number of rotatable bonds is 3. The number of halogens is 3. The summed E-state index contributed by atoms with van der Waals surface area (Å²) in [5.41, 5.74) is 4.35. The fraction of sp³-hybridized carbons (Fsp3) is 0.409. The number of nitrogens with one attached hydrogen (secondary N) is 2. The second kappa shape index (κ2) is 8.18. The van der Waals surface area contributed by atoms with Crippen molar-refractivity contribution in [2.45, 2.75) is 48.7 Å². The summed E-state index contributed by atoms with van der Waals surface area (Å²) in [6.45, 7) is 3.87. The van der Waals surface area contributed by atoms with E-state index in [-0.39, 0.29) is 28.6 Å². The quantitative estimate of drug-likeness (QED) is 0.498. The van der Waals surface area contributed by atoms with Crippen molar-refractivity contribution in [1.82, 2.24) is 14.7 Å². The Morgan fingerprint density at radius 2 is 2.03 bits per heavy atom. The van der Waals surface area contributed by atoms with Gasteiger partial charge in [-0.2, -0.15) is 5.26 Å². The average Bonchev–Trinajstić information content (AvgIpc) is 2.80. The first kappa shape index (κ1) is 24.9. The van der Waals surface area contributed by atoms with Crippen molar-refractivity contribution in [2.75, 3.05) is 11.9 Å². The molecular weight excluding hydrogens is 483 g/mol. The summed E-state index contributed by atoms with van der Waals surface area (Å²) >= 11 is 0. The molecule has 0 bridgehead atoms. The Labute approximate surface area is 201 Å². The largest absolute Gasteiger partial charge is 0.386 e. The molecule has 0 radical (unpaired) electrons. The van der Waals surface area contributed by atoms with Gasteiger partial charge >= 0.3 is 0 Å². The number of anilines is 1. The molecule has 2 aliphatic heterocycles. The number of carbonyl (C=O) groups excluding carboxylic acids is 1. The van der Waals surface area contributed by atoms with Gasteiger partial charge in [-0.1, -0.05) is 10.5 Å². The van der Waals surface area contributed by atoms with Gasteiger partial charge in [-0.25, -0.2) is 23.1 Å². The number of hydrogen-bond acceptors (Lipinski definition) is 8. The van der Waals surface area contributed by atoms with Crippen LogP contribution in [0.1, 0.15) is 48.9 Å². The zero-order chi connectivity index (χ0) is 25.8. The van der Waals surface area contributed by atoms with Crippen LogP contribution in [0.4, 0.5) is 19.0 Å². The van der Waals surface area contributed by atoms with E-state index < -0.39 is 56.6 Å². The lowest BCUT2D eigenvalue weighted by Crippen LogP contribution is -2.65. The number of aromatic nitrogens is 2. The predicted molar refractivity (Wildman–Crippen MR) is 126 cm³/mol. The summed E-state index contributed by atoms with van der Waals surface area (Å²) in [7, 11) is -3.05. The summed E-state index contributed by atoms with van der Waals surface area (Å²) in [4.78, 5) is 25.1. The number of nitrogens with two attached hydrogens (primary N) is 1. The van der Waals surface area contributed by atoms with Crippen molar-refractivity contribution in [3.05, 3.63) is 53.2 Å². The Morgan fingerprint density at radius 1 is 1.31 bits per heavy atom. The van der Waals surface area contributed by atoms with Crippen molar-refractivity contribution < 1.29 is 22.5 Å². The highest BCUT2D eigenvalue weighted by Gasteiger charge is 2.64. The van der Waals surface area contributed by atoms with E-state index in [4.69, 9.17) is 11.0 Å². The number of fused-ring (bicyclic) bond motifs is 1. The smallest absolute Gasteiger partial charge is 0.275 e. The molecule has 0 spiro atoms. The van der Waals surface area contributed by atoms with E-state index in [9.17, 15) is 18.1 Å². The van der Waals surface area contributed by atoms with Gasteiger partial charge in [0.05, 0.1) is 22.1 Å². The molecule has 1 saturated heterocycles. The molecule has 4 rings (SSSR count). The third-order valence-electron chi connectivity index (χ3n) is 6.51. The number of hydrogen-bond donors (Lipinski definition) is 4. The number of amidine groups is 1. The molecule has 4 heterocycles. The highest BCUT2D eigenvalue weighted by Crippen LogP contribution is 2.67. The third-order valence-corrected chi connectivity index (χ3v) is 10.3. The molecule has 0 aliphatic carbocycles. The number of nitrogens with zero attached hydrogens (tertiary/aromatic N) is 4. The molecule has 1 unspecified atom stereocenters. The van der Waals surface area contributed by atoms with Crippen molar-refractivity contribution in [2.24, 2.45) is 10.7 Å². The number of amides is 1. The molecule has 9 nitrogen and oxygen atoms in total. The van der Waals surface area contributed by atoms with Gasteiger partial charge in [-0.15, -0.1) is 0 Å². The molecule has 13 heteroatoms. The van der Waals surface area contributed by atoms with Crippen molar-refractivity contribution >= 4 is 28.1 Å². The van der Waals surface area contributed by atoms with E-state index >= 15 is 4.39 Å². The van der Waals surface area contributed by atoms with Crippen molar-refractivity contribution in [3.8, 4) is 6.07 Å². The molecule has 35 heavy (non-hydrogen) atoms. The van der Waals surface area contributed by atoms with Crippen molar-refractivity contribution in [3.63, 3.8) is 0 Å². The van der Waals surface area contributed by atoms with E-state index in [1.54, 1.807) is 13.8 Å². The highest BCUT2D eigenvalue weighted by molar-refractivity contribution is 8.29. The molecule has 2 aliphatic rings. The molecule has 1 amide bonds. The van der Waals surface area contributed by atoms with Crippen LogP contribution in [0, 0.1) is 17.1 Å². The van der Waals surface area contributed by atoms with E-state index in [0.717, 1.165) is 6.07 Å². The Morgan fingerprint density at radius 3 is 2.66 bits per heavy atom. The summed E-state index contributed by atoms with van der Waals surface area (Å²) in [6, 6.07) is 6.88. The highest BCUT2D eigenvalue weighted by atomic mass is 32.3. The molecule has 186 valence electrons. The minimum atomic E-state index is -3.17. The Balaban J connectivity index is 1.76. The lowest BCUT2D eigenvalue weighted by Gasteiger charge is -2.61. The number of aliphatic imine (C=N–C) groups is 1. The molecule has 5 N–H and O–H groups in total. The van der Waals surface area contributed by atoms with E-state index in [2.05, 4.69) is 25.0 Å². The predicted octanol–water partition coefficient (Wildman–Crippen LogP) is 3.29. The van der Waals surface area contributed by atoms with Crippen LogP contribution in [-0.4, -0.2) is 48.7 Å². The fourth-order valence-electron chi connectivity index (χ4n) is 4.31. The first-order valence-electron chi connectivity index (χ1n) is 10.6. The van der Waals surface area contributed by atoms with Gasteiger partial charge in [-0.05, 0) is 45.0 Å². The average molecular weight is 508 g/mol. The number of carbonyl (C=O) groups is 1. The topological polar surface area (TPSA) is 149 Å². The van der Waals surface area contributed by atoms with Crippen LogP contribution in [0.15, 0.2) is 35.5 Å². The minimum absolute atomic E-state index is 0.0143. The van der Waals surface area contributed by atoms with Gasteiger partial charge in [0.2, 0.25) is 0 Å². The molecular formula is C22H24F3N7O2S. The lowest BCUT2D eigenvalue weighted by molar-refractivity contribution is -0.0148. The van der Waals surface area contributed by atoms with Crippen molar-refractivity contribution in [1.29, 1.82) is 5.26 Å². The normalized spacial score (nSPS) is 30.7. The van der Waals surface area contributed by atoms with Gasteiger partial charge in [0.1, 0.15) is 40.5 Å². The zero-order valence-corrected chi connectivity index (χ0v) is 20.0. The minimum Gasteiger partial charge on any atom is -0.386 e. The van der Waals surface area contributed by atoms with Crippen LogP contribution in [0.3, 0.4) is 0 Å². The SMILES string of the molecule is CC1(C)C(N)=N[C@](C)(c2nc(NC(=O)c3ccc(C#N)cn3)ccc2F)[C@H]2CC(F)(F)CNS21O. The molecule has 1 fully saturated rings. The van der Waals surface area contributed by atoms with Crippen LogP contribution in [0.2, 0.25) is 0 Å². The van der Waals surface area contributed by atoms with Crippen LogP contribution >= 0.6 is 10.5 Å². The van der Waals surface area contributed by atoms with Crippen LogP contribution in [-0.2, 0) is 5.54 Å². The van der Waals surface area contributed by atoms with E-state index in [1.807, 2.05) is 6.07 Å². The monoisotopic (exact) mass is 507 g/mol. The van der Waals surface area contributed by atoms with Crippen LogP contribution in [0.5, 0.6) is 0 Å². The Kier molecular flexibility index (Phi) is 5.82. The Bertz CT molecular complexity index is 1260. The molecule has 2 aromatic rings. The summed E-state index contributed by atoms with van der Waals surface area (Å²) in [6.07, 6.45) is 0.468. The molecule has 0 aromatic carbocycles. The molecule has 2 aromatic heterocycles. The fourth-order valence-corrected chi connectivity index (χ4v) is 7.69. The second-order valence-electron chi connectivity index (χ2n) is 9.18. The maximum absolute atomic E-state index is 15.1. The summed E-state index contributed by atoms with van der Waals surface area (Å²) in [5, 5.41) is 10.1. The molecule has 0 saturated carbocycles. The molecule has 3 atom stereocenters. The van der Waals surface area contributed by atoms with Gasteiger partial charge in [-0.3, -0.25) is 14.5 Å². The second-order valence-corrected chi connectivity index (χ2v) is 12.3. The summed E-state index contributed by atoms with van der Waals surface area (Å²) in [5.74, 6) is -4.80. The first-order valence-corrected chi connectivity index (χ1v) is 12.3. The maximum atomic E-state index is 15.1. The van der Waals surface area contributed by atoms with Crippen LogP contribution < -0.4 is 15.8 Å². The lowest BCUT2D eigenvalue weighted by atomic mass is 9.88. The van der Waals surface area contributed by atoms with Gasteiger partial charge in [0.15, 0.2) is 0 Å². The van der Waals surface area contributed by atoms with E-state index in [1.165, 1.54) is 31.3 Å². The standard InChI is InChI=1S/C22H24F3N7O2S/c1-20(2)19(27)32-21(3,15-8-22(24,25)11-29-35(15,20)34)17-13(23)5-7-16(30-17)31-18(33)14-6-4-12(9-26)10-28-14/h4-7,10,15,29,34H,8,11H2,1-3H3,(H2,27,32)(H,30,31,33)/t15-,21+/m1/s1. The zero-order valence-electron chi connectivity index (χ0n) is 19.1. The maximum Gasteiger partial charge on any atom is 0.275 e. The van der Waals surface area contributed by atoms with E-state index in [0.29, 0.717) is 0 Å². The number of nitriles is 1. The van der Waals surface area contributed by atoms with Gasteiger partial charge < -0.3 is 15.6 Å². The summed E-state index contributed by atoms with van der Waals surface area (Å²) < 4.78 is 57.2. The van der Waals surface area contributed by atoms with Crippen LogP contribution in [0.25, 0.3) is 0 Å². The number of pyridine rings is 2. The third kappa shape index (κ3) is 4.01. The Hall–Kier alpha value is -3.21.